The van der Waals surface area contributed by atoms with Crippen molar-refractivity contribution in [2.45, 2.75) is 232 Å². The van der Waals surface area contributed by atoms with E-state index in [4.69, 9.17) is 18.9 Å². The second kappa shape index (κ2) is 35.6. The van der Waals surface area contributed by atoms with Crippen LogP contribution in [-0.2, 0) is 28.5 Å². The number of likely N-dealkylation sites (tertiary alicyclic amines) is 1. The smallest absolute Gasteiger partial charge is 0.305 e. The highest BCUT2D eigenvalue weighted by Gasteiger charge is 2.41. The van der Waals surface area contributed by atoms with E-state index in [2.05, 4.69) is 49.4 Å². The van der Waals surface area contributed by atoms with E-state index in [9.17, 15) is 9.59 Å². The molecule has 4 atom stereocenters. The maximum Gasteiger partial charge on any atom is 0.305 e. The van der Waals surface area contributed by atoms with E-state index < -0.39 is 5.79 Å². The van der Waals surface area contributed by atoms with Gasteiger partial charge in [0.15, 0.2) is 5.79 Å². The van der Waals surface area contributed by atoms with Crippen molar-refractivity contribution in [2.75, 3.05) is 39.5 Å². The van der Waals surface area contributed by atoms with Crippen molar-refractivity contribution in [1.82, 2.24) is 4.90 Å². The Hall–Kier alpha value is -2.10. The van der Waals surface area contributed by atoms with Crippen molar-refractivity contribution in [1.29, 1.82) is 0 Å². The Bertz CT molecular complexity index is 1150. The summed E-state index contributed by atoms with van der Waals surface area (Å²) in [7, 11) is 0. The summed E-state index contributed by atoms with van der Waals surface area (Å²) in [5, 5.41) is 0. The SMILES string of the molecule is C=C=C=C=CC(CCCCC)CCOC(=O)CCCCCCCCCC1(CCCCCCCCCC(=O)OCCC(C)CCCCC)OCC(CN2CCCCC2)O1. The maximum atomic E-state index is 12.3. The Morgan fingerprint density at radius 2 is 1.24 bits per heavy atom. The van der Waals surface area contributed by atoms with Crippen LogP contribution >= 0.6 is 0 Å². The molecule has 0 aliphatic carbocycles. The standard InChI is InChI=1S/C51H89NO6/c1-5-8-22-31-46(4)36-42-55-49(53)34-25-17-13-11-15-19-27-38-51(57-45-48(58-51)44-52-40-29-21-30-41-52)39-28-20-16-12-14-18-26-35-50(54)56-43-37-47(32-23-9-6-2)33-24-10-7-3/h32,46-48H,2,5,7-8,10-22,24-31,33-45H2,1,3-4H3. The number of carbonyl (C=O) groups excluding carboxylic acids is 2. The minimum absolute atomic E-state index is 0.0197. The Morgan fingerprint density at radius 3 is 1.81 bits per heavy atom. The molecule has 2 aliphatic heterocycles. The largest absolute Gasteiger partial charge is 0.466 e. The molecule has 0 N–H and O–H groups in total. The summed E-state index contributed by atoms with van der Waals surface area (Å²) < 4.78 is 24.4. The summed E-state index contributed by atoms with van der Waals surface area (Å²) in [5.41, 5.74) is 8.41. The van der Waals surface area contributed by atoms with Crippen molar-refractivity contribution < 1.29 is 28.5 Å². The first kappa shape index (κ1) is 52.0. The Balaban J connectivity index is 1.58. The molecular weight excluding hydrogens is 723 g/mol. The van der Waals surface area contributed by atoms with Crippen LogP contribution in [0.3, 0.4) is 0 Å². The molecule has 58 heavy (non-hydrogen) atoms. The molecule has 2 aliphatic rings. The molecule has 2 rings (SSSR count). The van der Waals surface area contributed by atoms with Crippen LogP contribution in [0.2, 0.25) is 0 Å². The fraction of sp³-hybridized carbons (Fsp3) is 0.863. The van der Waals surface area contributed by atoms with Crippen LogP contribution in [0.5, 0.6) is 0 Å². The van der Waals surface area contributed by atoms with Gasteiger partial charge >= 0.3 is 11.9 Å². The lowest BCUT2D eigenvalue weighted by Gasteiger charge is -2.31. The summed E-state index contributed by atoms with van der Waals surface area (Å²) in [4.78, 5) is 27.1. The van der Waals surface area contributed by atoms with Gasteiger partial charge in [-0.3, -0.25) is 9.59 Å². The van der Waals surface area contributed by atoms with Crippen LogP contribution in [0.4, 0.5) is 0 Å². The number of nitrogens with zero attached hydrogens (tertiary/aromatic N) is 1. The summed E-state index contributed by atoms with van der Waals surface area (Å²) in [6, 6.07) is 0. The zero-order valence-corrected chi connectivity index (χ0v) is 38.1. The number of hydrogen-bond acceptors (Lipinski definition) is 7. The Labute approximate surface area is 357 Å². The van der Waals surface area contributed by atoms with E-state index in [1.165, 1.54) is 129 Å². The fourth-order valence-electron chi connectivity index (χ4n) is 8.53. The van der Waals surface area contributed by atoms with Gasteiger partial charge in [-0.15, -0.1) is 0 Å². The van der Waals surface area contributed by atoms with Crippen molar-refractivity contribution in [3.05, 3.63) is 29.8 Å². The molecule has 4 unspecified atom stereocenters. The Morgan fingerprint density at radius 1 is 0.707 bits per heavy atom. The maximum absolute atomic E-state index is 12.3. The molecule has 0 aromatic heterocycles. The molecule has 0 bridgehead atoms. The number of esters is 2. The monoisotopic (exact) mass is 812 g/mol. The molecule has 0 saturated carbocycles. The van der Waals surface area contributed by atoms with Gasteiger partial charge in [-0.25, -0.2) is 0 Å². The summed E-state index contributed by atoms with van der Waals surface area (Å²) >= 11 is 0. The van der Waals surface area contributed by atoms with Crippen LogP contribution < -0.4 is 0 Å². The van der Waals surface area contributed by atoms with Gasteiger partial charge in [0.2, 0.25) is 0 Å². The normalized spacial score (nSPS) is 19.2. The van der Waals surface area contributed by atoms with Gasteiger partial charge in [0.1, 0.15) is 0 Å². The van der Waals surface area contributed by atoms with Gasteiger partial charge in [-0.2, -0.15) is 0 Å². The second-order valence-corrected chi connectivity index (χ2v) is 17.8. The predicted molar refractivity (Wildman–Crippen MR) is 240 cm³/mol. The molecule has 0 aromatic rings. The van der Waals surface area contributed by atoms with E-state index in [0.717, 1.165) is 83.8 Å². The molecule has 0 radical (unpaired) electrons. The lowest BCUT2D eigenvalue weighted by atomic mass is 9.98. The average Bonchev–Trinajstić information content (AvgIpc) is 3.62. The number of carbonyl (C=O) groups is 2. The molecule has 2 heterocycles. The van der Waals surface area contributed by atoms with Crippen molar-refractivity contribution in [3.8, 4) is 0 Å². The fourth-order valence-corrected chi connectivity index (χ4v) is 8.53. The summed E-state index contributed by atoms with van der Waals surface area (Å²) in [5.74, 6) is 0.486. The first-order chi connectivity index (χ1) is 28.4. The summed E-state index contributed by atoms with van der Waals surface area (Å²) in [6.07, 6.45) is 36.7. The van der Waals surface area contributed by atoms with Crippen LogP contribution in [0.15, 0.2) is 29.8 Å². The van der Waals surface area contributed by atoms with E-state index >= 15 is 0 Å². The zero-order chi connectivity index (χ0) is 41.8. The molecule has 0 amide bonds. The van der Waals surface area contributed by atoms with Gasteiger partial charge in [-0.05, 0) is 101 Å². The number of hydrogen-bond donors (Lipinski definition) is 0. The lowest BCUT2D eigenvalue weighted by Crippen LogP contribution is -2.39. The topological polar surface area (TPSA) is 74.3 Å². The van der Waals surface area contributed by atoms with E-state index in [1.54, 1.807) is 0 Å². The molecule has 0 aromatic carbocycles. The highest BCUT2D eigenvalue weighted by molar-refractivity contribution is 5.69. The highest BCUT2D eigenvalue weighted by Crippen LogP contribution is 2.35. The van der Waals surface area contributed by atoms with Gasteiger partial charge in [0, 0.05) is 32.2 Å². The van der Waals surface area contributed by atoms with Crippen molar-refractivity contribution in [2.24, 2.45) is 11.8 Å². The number of ether oxygens (including phenoxy) is 4. The summed E-state index contributed by atoms with van der Waals surface area (Å²) in [6.45, 7) is 15.4. The number of rotatable bonds is 37. The van der Waals surface area contributed by atoms with Crippen LogP contribution in [-0.4, -0.2) is 68.2 Å². The average molecular weight is 812 g/mol. The van der Waals surface area contributed by atoms with Gasteiger partial charge in [-0.1, -0.05) is 148 Å². The molecule has 2 fully saturated rings. The molecule has 2 saturated heterocycles. The first-order valence-electron chi connectivity index (χ1n) is 24.6. The number of unbranched alkanes of at least 4 members (excludes halogenated alkanes) is 16. The van der Waals surface area contributed by atoms with Crippen molar-refractivity contribution in [3.63, 3.8) is 0 Å². The van der Waals surface area contributed by atoms with Gasteiger partial charge in [0.05, 0.1) is 25.9 Å². The minimum Gasteiger partial charge on any atom is -0.466 e. The molecule has 0 spiro atoms. The highest BCUT2D eigenvalue weighted by atomic mass is 16.7. The van der Waals surface area contributed by atoms with E-state index in [0.29, 0.717) is 37.9 Å². The number of piperidine rings is 1. The lowest BCUT2D eigenvalue weighted by molar-refractivity contribution is -0.181. The van der Waals surface area contributed by atoms with Gasteiger partial charge in [0.25, 0.3) is 0 Å². The third-order valence-corrected chi connectivity index (χ3v) is 12.3. The number of allylic oxidation sites excluding steroid dienone is 1. The van der Waals surface area contributed by atoms with E-state index in [-0.39, 0.29) is 18.0 Å². The van der Waals surface area contributed by atoms with E-state index in [1.807, 2.05) is 6.08 Å². The third-order valence-electron chi connectivity index (χ3n) is 12.3. The molecule has 7 heteroatoms. The molecule has 334 valence electrons. The molecular formula is C51H89NO6. The van der Waals surface area contributed by atoms with Crippen molar-refractivity contribution >= 4 is 11.9 Å². The third kappa shape index (κ3) is 27.6. The second-order valence-electron chi connectivity index (χ2n) is 17.8. The first-order valence-corrected chi connectivity index (χ1v) is 24.6. The zero-order valence-electron chi connectivity index (χ0n) is 38.1. The minimum atomic E-state index is -0.417. The van der Waals surface area contributed by atoms with Crippen LogP contribution in [0.25, 0.3) is 0 Å². The predicted octanol–water partition coefficient (Wildman–Crippen LogP) is 13.5. The quantitative estimate of drug-likeness (QED) is 0.0351. The Kier molecular flexibility index (Phi) is 32.0. The molecule has 7 nitrogen and oxygen atoms in total. The van der Waals surface area contributed by atoms with Gasteiger partial charge < -0.3 is 23.8 Å². The van der Waals surface area contributed by atoms with Crippen LogP contribution in [0, 0.1) is 11.8 Å². The van der Waals surface area contributed by atoms with Crippen LogP contribution in [0.1, 0.15) is 220 Å².